The first-order chi connectivity index (χ1) is 9.22. The summed E-state index contributed by atoms with van der Waals surface area (Å²) in [7, 11) is 1.55. The Bertz CT molecular complexity index is 525. The summed E-state index contributed by atoms with van der Waals surface area (Å²) in [5.74, 6) is 0.201. The molecule has 0 saturated heterocycles. The maximum Gasteiger partial charge on any atom is 0.308 e. The molecular formula is C16H21NO3. The van der Waals surface area contributed by atoms with E-state index in [1.807, 2.05) is 12.1 Å². The number of hydrogen-bond donors (Lipinski definition) is 0. The first-order valence-corrected chi connectivity index (χ1v) is 6.48. The molecule has 1 aromatic carbocycles. The smallest absolute Gasteiger partial charge is 0.308 e. The first kappa shape index (κ1) is 16.0. The lowest BCUT2D eigenvalue weighted by Gasteiger charge is -2.26. The van der Waals surface area contributed by atoms with Gasteiger partial charge >= 0.3 is 5.97 Å². The van der Waals surface area contributed by atoms with Crippen LogP contribution in [0.3, 0.4) is 0 Å². The number of nitrogens with zero attached hydrogens (tertiary/aromatic N) is 1. The van der Waals surface area contributed by atoms with Crippen molar-refractivity contribution in [3.8, 4) is 11.8 Å². The average Bonchev–Trinajstić information content (AvgIpc) is 2.36. The number of carbonyl (C=O) groups is 1. The maximum absolute atomic E-state index is 12.0. The first-order valence-electron chi connectivity index (χ1n) is 6.48. The Labute approximate surface area is 120 Å². The molecule has 1 unspecified atom stereocenters. The van der Waals surface area contributed by atoms with Gasteiger partial charge in [0, 0.05) is 5.56 Å². The minimum Gasteiger partial charge on any atom is -0.496 e. The molecular weight excluding hydrogens is 254 g/mol. The third-order valence-corrected chi connectivity index (χ3v) is 2.87. The van der Waals surface area contributed by atoms with Crippen LogP contribution in [0, 0.1) is 11.3 Å². The summed E-state index contributed by atoms with van der Waals surface area (Å²) in [6.45, 7) is 7.13. The van der Waals surface area contributed by atoms with Crippen LogP contribution >= 0.6 is 0 Å². The molecule has 20 heavy (non-hydrogen) atoms. The van der Waals surface area contributed by atoms with Gasteiger partial charge in [0.15, 0.2) is 0 Å². The van der Waals surface area contributed by atoms with Crippen molar-refractivity contribution in [1.29, 1.82) is 5.26 Å². The number of nitriles is 1. The highest BCUT2D eigenvalue weighted by Gasteiger charge is 2.34. The second-order valence-electron chi connectivity index (χ2n) is 5.91. The zero-order valence-electron chi connectivity index (χ0n) is 12.7. The van der Waals surface area contributed by atoms with E-state index in [0.717, 1.165) is 0 Å². The number of esters is 1. The van der Waals surface area contributed by atoms with Gasteiger partial charge in [0.25, 0.3) is 0 Å². The van der Waals surface area contributed by atoms with Crippen LogP contribution in [-0.4, -0.2) is 18.7 Å². The molecule has 0 bridgehead atoms. The van der Waals surface area contributed by atoms with Crippen molar-refractivity contribution in [2.45, 2.75) is 45.1 Å². The van der Waals surface area contributed by atoms with Gasteiger partial charge in [0.1, 0.15) is 11.4 Å². The van der Waals surface area contributed by atoms with Crippen molar-refractivity contribution in [1.82, 2.24) is 0 Å². The monoisotopic (exact) mass is 275 g/mol. The summed E-state index contributed by atoms with van der Waals surface area (Å²) in [6, 6.07) is 9.43. The fraction of sp³-hybridized carbons (Fsp3) is 0.500. The number of para-hydroxylation sites is 1. The van der Waals surface area contributed by atoms with E-state index in [4.69, 9.17) is 9.47 Å². The Balaban J connectivity index is 3.04. The van der Waals surface area contributed by atoms with E-state index in [2.05, 4.69) is 6.07 Å². The fourth-order valence-electron chi connectivity index (χ4n) is 1.96. The molecule has 1 rings (SSSR count). The Morgan fingerprint density at radius 2 is 1.85 bits per heavy atom. The van der Waals surface area contributed by atoms with Crippen LogP contribution < -0.4 is 4.74 Å². The molecule has 1 atom stereocenters. The van der Waals surface area contributed by atoms with Crippen molar-refractivity contribution in [3.63, 3.8) is 0 Å². The molecule has 0 fully saturated rings. The fourth-order valence-corrected chi connectivity index (χ4v) is 1.96. The number of hydrogen-bond acceptors (Lipinski definition) is 4. The van der Waals surface area contributed by atoms with Crippen molar-refractivity contribution in [2.24, 2.45) is 0 Å². The van der Waals surface area contributed by atoms with E-state index < -0.39 is 17.0 Å². The lowest BCUT2D eigenvalue weighted by atomic mass is 9.80. The number of ether oxygens (including phenoxy) is 2. The Hall–Kier alpha value is -2.02. The van der Waals surface area contributed by atoms with E-state index in [-0.39, 0.29) is 6.42 Å². The van der Waals surface area contributed by atoms with Crippen LogP contribution in [0.25, 0.3) is 0 Å². The number of carbonyl (C=O) groups excluding carboxylic acids is 1. The SMILES string of the molecule is COc1ccccc1C(C)(C#N)CC(=O)OC(C)(C)C. The van der Waals surface area contributed by atoms with Crippen LogP contribution in [0.1, 0.15) is 39.7 Å². The van der Waals surface area contributed by atoms with Gasteiger partial charge in [-0.1, -0.05) is 18.2 Å². The standard InChI is InChI=1S/C16H21NO3/c1-15(2,3)20-14(18)10-16(4,11-17)12-8-6-7-9-13(12)19-5/h6-9H,10H2,1-5H3. The van der Waals surface area contributed by atoms with Crippen LogP contribution in [0.2, 0.25) is 0 Å². The van der Waals surface area contributed by atoms with Crippen LogP contribution in [0.5, 0.6) is 5.75 Å². The van der Waals surface area contributed by atoms with Gasteiger partial charge in [0.2, 0.25) is 0 Å². The van der Waals surface area contributed by atoms with Crippen molar-refractivity contribution in [2.75, 3.05) is 7.11 Å². The third kappa shape index (κ3) is 3.99. The Kier molecular flexibility index (Phi) is 4.78. The molecule has 0 spiro atoms. The third-order valence-electron chi connectivity index (χ3n) is 2.87. The zero-order valence-corrected chi connectivity index (χ0v) is 12.7. The molecule has 0 aliphatic heterocycles. The van der Waals surface area contributed by atoms with Gasteiger partial charge in [-0.3, -0.25) is 4.79 Å². The van der Waals surface area contributed by atoms with Gasteiger partial charge in [-0.05, 0) is 33.8 Å². The van der Waals surface area contributed by atoms with Gasteiger partial charge in [-0.25, -0.2) is 0 Å². The van der Waals surface area contributed by atoms with E-state index in [1.165, 1.54) is 0 Å². The molecule has 0 saturated carbocycles. The summed E-state index contributed by atoms with van der Waals surface area (Å²) >= 11 is 0. The molecule has 1 aromatic rings. The number of methoxy groups -OCH3 is 1. The molecule has 0 aliphatic rings. The summed E-state index contributed by atoms with van der Waals surface area (Å²) in [5.41, 5.74) is -0.848. The second kappa shape index (κ2) is 5.96. The molecule has 0 aromatic heterocycles. The van der Waals surface area contributed by atoms with Crippen molar-refractivity contribution >= 4 is 5.97 Å². The molecule has 0 amide bonds. The van der Waals surface area contributed by atoms with E-state index in [9.17, 15) is 10.1 Å². The second-order valence-corrected chi connectivity index (χ2v) is 5.91. The predicted octanol–water partition coefficient (Wildman–Crippen LogP) is 3.21. The van der Waals surface area contributed by atoms with E-state index in [1.54, 1.807) is 46.9 Å². The highest BCUT2D eigenvalue weighted by atomic mass is 16.6. The topological polar surface area (TPSA) is 59.3 Å². The molecule has 0 N–H and O–H groups in total. The van der Waals surface area contributed by atoms with Crippen molar-refractivity contribution in [3.05, 3.63) is 29.8 Å². The lowest BCUT2D eigenvalue weighted by molar-refractivity contribution is -0.155. The quantitative estimate of drug-likeness (QED) is 0.792. The summed E-state index contributed by atoms with van der Waals surface area (Å²) in [6.07, 6.45) is -0.0128. The van der Waals surface area contributed by atoms with Crippen LogP contribution in [0.4, 0.5) is 0 Å². The average molecular weight is 275 g/mol. The van der Waals surface area contributed by atoms with Crippen LogP contribution in [-0.2, 0) is 14.9 Å². The minimum absolute atomic E-state index is 0.0128. The summed E-state index contributed by atoms with van der Waals surface area (Å²) in [4.78, 5) is 12.0. The van der Waals surface area contributed by atoms with Gasteiger partial charge in [0.05, 0.1) is 25.0 Å². The summed E-state index contributed by atoms with van der Waals surface area (Å²) in [5, 5.41) is 9.49. The van der Waals surface area contributed by atoms with Crippen LogP contribution in [0.15, 0.2) is 24.3 Å². The Morgan fingerprint density at radius 3 is 2.35 bits per heavy atom. The minimum atomic E-state index is -0.977. The van der Waals surface area contributed by atoms with Gasteiger partial charge in [-0.2, -0.15) is 5.26 Å². The highest BCUT2D eigenvalue weighted by Crippen LogP contribution is 2.34. The zero-order chi connectivity index (χ0) is 15.4. The van der Waals surface area contributed by atoms with E-state index in [0.29, 0.717) is 11.3 Å². The maximum atomic E-state index is 12.0. The number of rotatable bonds is 4. The molecule has 0 aliphatic carbocycles. The molecule has 0 heterocycles. The van der Waals surface area contributed by atoms with E-state index >= 15 is 0 Å². The lowest BCUT2D eigenvalue weighted by Crippen LogP contribution is -2.30. The van der Waals surface area contributed by atoms with Crippen molar-refractivity contribution < 1.29 is 14.3 Å². The van der Waals surface area contributed by atoms with Gasteiger partial charge in [-0.15, -0.1) is 0 Å². The predicted molar refractivity (Wildman–Crippen MR) is 76.4 cm³/mol. The summed E-state index contributed by atoms with van der Waals surface area (Å²) < 4.78 is 10.6. The molecule has 108 valence electrons. The van der Waals surface area contributed by atoms with Gasteiger partial charge < -0.3 is 9.47 Å². The number of benzene rings is 1. The molecule has 0 radical (unpaired) electrons. The normalized spacial score (nSPS) is 14.0. The molecule has 4 nitrogen and oxygen atoms in total. The Morgan fingerprint density at radius 1 is 1.25 bits per heavy atom. The highest BCUT2D eigenvalue weighted by molar-refractivity contribution is 5.73. The largest absolute Gasteiger partial charge is 0.496 e. The molecule has 4 heteroatoms.